The van der Waals surface area contributed by atoms with Gasteiger partial charge in [-0.15, -0.1) is 6.58 Å². The highest BCUT2D eigenvalue weighted by atomic mass is 79.9. The number of Topliss-reactive ketones (excluding diaryl/α,β-unsaturated/α-hetero) is 1. The van der Waals surface area contributed by atoms with Crippen molar-refractivity contribution in [3.63, 3.8) is 0 Å². The average molecular weight is 281 g/mol. The molecule has 0 saturated carbocycles. The van der Waals surface area contributed by atoms with Crippen molar-refractivity contribution in [1.29, 1.82) is 0 Å². The molecule has 0 aliphatic carbocycles. The van der Waals surface area contributed by atoms with Gasteiger partial charge in [-0.2, -0.15) is 0 Å². The number of ketones is 1. The lowest BCUT2D eigenvalue weighted by Crippen LogP contribution is -1.98. The number of rotatable bonds is 7. The van der Waals surface area contributed by atoms with E-state index in [2.05, 4.69) is 22.5 Å². The van der Waals surface area contributed by atoms with Gasteiger partial charge in [-0.05, 0) is 31.4 Å². The molecular weight excluding hydrogens is 264 g/mol. The van der Waals surface area contributed by atoms with E-state index < -0.39 is 0 Å². The van der Waals surface area contributed by atoms with Crippen molar-refractivity contribution in [3.05, 3.63) is 47.0 Å². The third kappa shape index (κ3) is 4.75. The topological polar surface area (TPSA) is 17.1 Å². The summed E-state index contributed by atoms with van der Waals surface area (Å²) in [6.07, 6.45) is 6.83. The van der Waals surface area contributed by atoms with Crippen molar-refractivity contribution in [1.82, 2.24) is 0 Å². The van der Waals surface area contributed by atoms with Gasteiger partial charge >= 0.3 is 0 Å². The summed E-state index contributed by atoms with van der Waals surface area (Å²) in [7, 11) is 0. The number of halogens is 1. The lowest BCUT2D eigenvalue weighted by Gasteiger charge is -2.01. The molecule has 0 radical (unpaired) electrons. The molecule has 16 heavy (non-hydrogen) atoms. The molecule has 0 amide bonds. The van der Waals surface area contributed by atoms with Crippen molar-refractivity contribution in [2.24, 2.45) is 0 Å². The van der Waals surface area contributed by atoms with Crippen molar-refractivity contribution in [2.75, 3.05) is 0 Å². The van der Waals surface area contributed by atoms with Crippen LogP contribution in [0.4, 0.5) is 0 Å². The Morgan fingerprint density at radius 3 is 2.81 bits per heavy atom. The Morgan fingerprint density at radius 2 is 2.12 bits per heavy atom. The van der Waals surface area contributed by atoms with Gasteiger partial charge < -0.3 is 0 Å². The standard InChI is InChI=1S/C14H17BrO/c1-2-3-4-5-6-10-14(16)12-8-7-9-13(15)11-12/h2,7-9,11H,1,3-6,10H2. The molecular formula is C14H17BrO. The SMILES string of the molecule is C=CCCCCCC(=O)c1cccc(Br)c1. The first-order valence-corrected chi connectivity index (χ1v) is 6.43. The van der Waals surface area contributed by atoms with E-state index in [-0.39, 0.29) is 5.78 Å². The van der Waals surface area contributed by atoms with E-state index in [0.717, 1.165) is 35.7 Å². The van der Waals surface area contributed by atoms with Crippen LogP contribution in [0, 0.1) is 0 Å². The lowest BCUT2D eigenvalue weighted by atomic mass is 10.0. The molecule has 0 fully saturated rings. The summed E-state index contributed by atoms with van der Waals surface area (Å²) < 4.78 is 0.963. The van der Waals surface area contributed by atoms with Gasteiger partial charge in [0, 0.05) is 16.5 Å². The van der Waals surface area contributed by atoms with Gasteiger partial charge in [0.25, 0.3) is 0 Å². The fourth-order valence-corrected chi connectivity index (χ4v) is 1.96. The number of hydrogen-bond donors (Lipinski definition) is 0. The molecule has 1 nitrogen and oxygen atoms in total. The zero-order valence-electron chi connectivity index (χ0n) is 9.42. The molecule has 0 unspecified atom stereocenters. The Bertz CT molecular complexity index is 358. The summed E-state index contributed by atoms with van der Waals surface area (Å²) in [5, 5.41) is 0. The molecule has 1 aromatic carbocycles. The molecule has 0 spiro atoms. The molecule has 0 N–H and O–H groups in total. The number of benzene rings is 1. The first-order valence-electron chi connectivity index (χ1n) is 5.63. The molecule has 2 heteroatoms. The number of hydrogen-bond acceptors (Lipinski definition) is 1. The second-order valence-corrected chi connectivity index (χ2v) is 4.74. The Morgan fingerprint density at radius 1 is 1.31 bits per heavy atom. The minimum absolute atomic E-state index is 0.236. The first-order chi connectivity index (χ1) is 7.74. The van der Waals surface area contributed by atoms with Crippen molar-refractivity contribution >= 4 is 21.7 Å². The monoisotopic (exact) mass is 280 g/mol. The van der Waals surface area contributed by atoms with Crippen LogP contribution in [0.3, 0.4) is 0 Å². The molecule has 0 aliphatic heterocycles. The summed E-state index contributed by atoms with van der Waals surface area (Å²) in [4.78, 5) is 11.8. The zero-order valence-corrected chi connectivity index (χ0v) is 11.0. The largest absolute Gasteiger partial charge is 0.294 e. The normalized spacial score (nSPS) is 10.1. The van der Waals surface area contributed by atoms with Crippen LogP contribution in [0.2, 0.25) is 0 Å². The van der Waals surface area contributed by atoms with Crippen LogP contribution in [0.1, 0.15) is 42.5 Å². The molecule has 0 aliphatic rings. The van der Waals surface area contributed by atoms with E-state index in [4.69, 9.17) is 0 Å². The van der Waals surface area contributed by atoms with Gasteiger partial charge in [0.2, 0.25) is 0 Å². The molecule has 0 bridgehead atoms. The highest BCUT2D eigenvalue weighted by Crippen LogP contribution is 2.14. The van der Waals surface area contributed by atoms with Crippen LogP contribution in [0.5, 0.6) is 0 Å². The van der Waals surface area contributed by atoms with E-state index in [1.807, 2.05) is 30.3 Å². The van der Waals surface area contributed by atoms with Gasteiger partial charge in [0.1, 0.15) is 0 Å². The smallest absolute Gasteiger partial charge is 0.162 e. The first kappa shape index (κ1) is 13.2. The predicted octanol–water partition coefficient (Wildman–Crippen LogP) is 4.77. The van der Waals surface area contributed by atoms with Crippen molar-refractivity contribution in [3.8, 4) is 0 Å². The number of allylic oxidation sites excluding steroid dienone is 1. The van der Waals surface area contributed by atoms with Crippen LogP contribution in [-0.4, -0.2) is 5.78 Å². The Labute approximate surface area is 106 Å². The van der Waals surface area contributed by atoms with Crippen molar-refractivity contribution < 1.29 is 4.79 Å². The Balaban J connectivity index is 2.32. The summed E-state index contributed by atoms with van der Waals surface area (Å²) in [5.41, 5.74) is 0.804. The van der Waals surface area contributed by atoms with Crippen LogP contribution < -0.4 is 0 Å². The summed E-state index contributed by atoms with van der Waals surface area (Å²) in [6.45, 7) is 3.68. The Kier molecular flexibility index (Phi) is 6.09. The number of unbranched alkanes of at least 4 members (excludes halogenated alkanes) is 3. The van der Waals surface area contributed by atoms with Gasteiger partial charge in [-0.25, -0.2) is 0 Å². The summed E-state index contributed by atoms with van der Waals surface area (Å²) in [6, 6.07) is 7.58. The van der Waals surface area contributed by atoms with Crippen LogP contribution in [-0.2, 0) is 0 Å². The molecule has 86 valence electrons. The van der Waals surface area contributed by atoms with Gasteiger partial charge in [-0.3, -0.25) is 4.79 Å². The van der Waals surface area contributed by atoms with E-state index in [1.165, 1.54) is 0 Å². The molecule has 0 heterocycles. The van der Waals surface area contributed by atoms with Crippen LogP contribution in [0.25, 0.3) is 0 Å². The van der Waals surface area contributed by atoms with Crippen LogP contribution >= 0.6 is 15.9 Å². The van der Waals surface area contributed by atoms with E-state index in [9.17, 15) is 4.79 Å². The fourth-order valence-electron chi connectivity index (χ4n) is 1.56. The summed E-state index contributed by atoms with van der Waals surface area (Å²) >= 11 is 3.37. The van der Waals surface area contributed by atoms with Crippen molar-refractivity contribution in [2.45, 2.75) is 32.1 Å². The molecule has 1 aromatic rings. The molecule has 0 aromatic heterocycles. The zero-order chi connectivity index (χ0) is 11.8. The highest BCUT2D eigenvalue weighted by Gasteiger charge is 2.05. The lowest BCUT2D eigenvalue weighted by molar-refractivity contribution is 0.0979. The second-order valence-electron chi connectivity index (χ2n) is 3.82. The predicted molar refractivity (Wildman–Crippen MR) is 71.8 cm³/mol. The molecule has 0 saturated heterocycles. The third-order valence-corrected chi connectivity index (χ3v) is 2.95. The summed E-state index contributed by atoms with van der Waals surface area (Å²) in [5.74, 6) is 0.236. The van der Waals surface area contributed by atoms with Gasteiger partial charge in [-0.1, -0.05) is 40.6 Å². The van der Waals surface area contributed by atoms with Crippen LogP contribution in [0.15, 0.2) is 41.4 Å². The minimum atomic E-state index is 0.236. The average Bonchev–Trinajstić information content (AvgIpc) is 2.28. The number of carbonyl (C=O) groups excluding carboxylic acids is 1. The maximum atomic E-state index is 11.8. The molecule has 0 atom stereocenters. The maximum absolute atomic E-state index is 11.8. The Hall–Kier alpha value is -0.890. The fraction of sp³-hybridized carbons (Fsp3) is 0.357. The molecule has 1 rings (SSSR count). The minimum Gasteiger partial charge on any atom is -0.294 e. The number of carbonyl (C=O) groups is 1. The van der Waals surface area contributed by atoms with E-state index >= 15 is 0 Å². The third-order valence-electron chi connectivity index (χ3n) is 2.46. The highest BCUT2D eigenvalue weighted by molar-refractivity contribution is 9.10. The quantitative estimate of drug-likeness (QED) is 0.400. The van der Waals surface area contributed by atoms with E-state index in [1.54, 1.807) is 0 Å². The second kappa shape index (κ2) is 7.39. The maximum Gasteiger partial charge on any atom is 0.162 e. The van der Waals surface area contributed by atoms with Gasteiger partial charge in [0.05, 0.1) is 0 Å². The van der Waals surface area contributed by atoms with Gasteiger partial charge in [0.15, 0.2) is 5.78 Å². The van der Waals surface area contributed by atoms with E-state index in [0.29, 0.717) is 6.42 Å².